The highest BCUT2D eigenvalue weighted by Crippen LogP contribution is 2.36. The maximum absolute atomic E-state index is 13.9. The molecule has 2 amide bonds. The molecule has 0 radical (unpaired) electrons. The number of para-hydroxylation sites is 1. The second-order valence-corrected chi connectivity index (χ2v) is 9.76. The van der Waals surface area contributed by atoms with Crippen molar-refractivity contribution in [3.8, 4) is 16.9 Å². The van der Waals surface area contributed by atoms with Gasteiger partial charge in [0.05, 0.1) is 7.11 Å². The van der Waals surface area contributed by atoms with Crippen LogP contribution in [0.4, 0.5) is 16.2 Å². The first-order valence-electron chi connectivity index (χ1n) is 12.7. The molecule has 4 aromatic rings. The molecule has 4 rings (SSSR count). The van der Waals surface area contributed by atoms with Gasteiger partial charge in [-0.05, 0) is 52.8 Å². The summed E-state index contributed by atoms with van der Waals surface area (Å²) in [6, 6.07) is 16.7. The van der Waals surface area contributed by atoms with Crippen LogP contribution in [0.3, 0.4) is 0 Å². The molecule has 0 saturated carbocycles. The lowest BCUT2D eigenvalue weighted by atomic mass is 9.93. The van der Waals surface area contributed by atoms with Gasteiger partial charge in [-0.3, -0.25) is 9.36 Å². The van der Waals surface area contributed by atoms with Gasteiger partial charge in [0.25, 0.3) is 5.56 Å². The lowest BCUT2D eigenvalue weighted by Crippen LogP contribution is -2.30. The number of urea groups is 1. The number of carbonyl (C=O) groups is 1. The number of hydrogen-bond acceptors (Lipinski definition) is 4. The quantitative estimate of drug-likeness (QED) is 0.247. The van der Waals surface area contributed by atoms with Gasteiger partial charge in [-0.1, -0.05) is 64.1 Å². The Hall–Kier alpha value is -4.39. The fourth-order valence-corrected chi connectivity index (χ4v) is 4.73. The van der Waals surface area contributed by atoms with Crippen molar-refractivity contribution >= 4 is 28.4 Å². The monoisotopic (exact) mass is 510 g/mol. The SMILES string of the molecule is C=CCn1c(=O)c(NC(=O)Nc2c(C(C)C)cccc2C(C)C)c(-c2cccc(OC)c2)c2cccnc21. The number of allylic oxidation sites excluding steroid dienone is 1. The zero-order chi connectivity index (χ0) is 27.4. The van der Waals surface area contributed by atoms with E-state index in [1.54, 1.807) is 19.4 Å². The van der Waals surface area contributed by atoms with Crippen LogP contribution in [0, 0.1) is 0 Å². The van der Waals surface area contributed by atoms with E-state index >= 15 is 0 Å². The van der Waals surface area contributed by atoms with E-state index in [2.05, 4.69) is 49.9 Å². The van der Waals surface area contributed by atoms with Gasteiger partial charge in [-0.2, -0.15) is 0 Å². The molecule has 0 atom stereocenters. The predicted octanol–water partition coefficient (Wildman–Crippen LogP) is 7.15. The maximum atomic E-state index is 13.9. The molecule has 0 fully saturated rings. The van der Waals surface area contributed by atoms with Crippen molar-refractivity contribution in [3.63, 3.8) is 0 Å². The summed E-state index contributed by atoms with van der Waals surface area (Å²) in [5, 5.41) is 6.68. The average molecular weight is 511 g/mol. The zero-order valence-corrected chi connectivity index (χ0v) is 22.5. The van der Waals surface area contributed by atoms with Crippen LogP contribution < -0.4 is 20.9 Å². The summed E-state index contributed by atoms with van der Waals surface area (Å²) in [5.74, 6) is 1.04. The van der Waals surface area contributed by atoms with Gasteiger partial charge in [0.2, 0.25) is 0 Å². The summed E-state index contributed by atoms with van der Waals surface area (Å²) >= 11 is 0. The van der Waals surface area contributed by atoms with Crippen LogP contribution in [0.1, 0.15) is 50.7 Å². The molecule has 0 aliphatic rings. The lowest BCUT2D eigenvalue weighted by Gasteiger charge is -2.21. The van der Waals surface area contributed by atoms with E-state index in [-0.39, 0.29) is 29.6 Å². The van der Waals surface area contributed by atoms with Crippen molar-refractivity contribution in [2.24, 2.45) is 0 Å². The normalized spacial score (nSPS) is 11.1. The van der Waals surface area contributed by atoms with E-state index in [4.69, 9.17) is 4.74 Å². The van der Waals surface area contributed by atoms with Crippen molar-refractivity contribution in [2.45, 2.75) is 46.1 Å². The number of carbonyl (C=O) groups excluding carboxylic acids is 1. The summed E-state index contributed by atoms with van der Waals surface area (Å²) in [7, 11) is 1.59. The molecular formula is C31H34N4O3. The minimum absolute atomic E-state index is 0.159. The second-order valence-electron chi connectivity index (χ2n) is 9.76. The number of amides is 2. The summed E-state index contributed by atoms with van der Waals surface area (Å²) in [6.07, 6.45) is 3.28. The van der Waals surface area contributed by atoms with E-state index < -0.39 is 6.03 Å². The molecule has 2 aromatic carbocycles. The Labute approximate surface area is 223 Å². The van der Waals surface area contributed by atoms with E-state index in [0.717, 1.165) is 27.8 Å². The second kappa shape index (κ2) is 11.3. The highest BCUT2D eigenvalue weighted by molar-refractivity contribution is 6.07. The highest BCUT2D eigenvalue weighted by Gasteiger charge is 2.22. The minimum Gasteiger partial charge on any atom is -0.497 e. The molecule has 38 heavy (non-hydrogen) atoms. The molecule has 2 N–H and O–H groups in total. The number of anilines is 2. The Morgan fingerprint density at radius 2 is 1.66 bits per heavy atom. The van der Waals surface area contributed by atoms with Crippen LogP contribution in [-0.2, 0) is 6.54 Å². The van der Waals surface area contributed by atoms with Crippen LogP contribution in [-0.4, -0.2) is 22.7 Å². The Bertz CT molecular complexity index is 1530. The van der Waals surface area contributed by atoms with Crippen LogP contribution in [0.5, 0.6) is 5.75 Å². The molecule has 2 aromatic heterocycles. The predicted molar refractivity (Wildman–Crippen MR) is 155 cm³/mol. The molecule has 0 bridgehead atoms. The van der Waals surface area contributed by atoms with E-state index in [1.165, 1.54) is 4.57 Å². The standard InChI is InChI=1S/C31H34N4O3/c1-7-17-35-29-25(15-10-16-32-29)26(21-11-8-12-22(18-21)38-6)28(30(35)36)34-31(37)33-27-23(19(2)3)13-9-14-24(27)20(4)5/h7-16,18-20H,1,17H2,2-6H3,(H2,33,34,37). The number of nitrogens with zero attached hydrogens (tertiary/aromatic N) is 2. The van der Waals surface area contributed by atoms with Crippen LogP contribution >= 0.6 is 0 Å². The fourth-order valence-electron chi connectivity index (χ4n) is 4.73. The Kier molecular flexibility index (Phi) is 7.96. The Morgan fingerprint density at radius 1 is 1.00 bits per heavy atom. The number of ether oxygens (including phenoxy) is 1. The number of fused-ring (bicyclic) bond motifs is 1. The largest absolute Gasteiger partial charge is 0.497 e. The fraction of sp³-hybridized carbons (Fsp3) is 0.258. The van der Waals surface area contributed by atoms with Crippen molar-refractivity contribution < 1.29 is 9.53 Å². The molecular weight excluding hydrogens is 476 g/mol. The van der Waals surface area contributed by atoms with Gasteiger partial charge in [0.15, 0.2) is 0 Å². The third-order valence-corrected chi connectivity index (χ3v) is 6.54. The topological polar surface area (TPSA) is 85.2 Å². The molecule has 0 saturated heterocycles. The number of aromatic nitrogens is 2. The smallest absolute Gasteiger partial charge is 0.323 e. The summed E-state index contributed by atoms with van der Waals surface area (Å²) < 4.78 is 6.96. The zero-order valence-electron chi connectivity index (χ0n) is 22.5. The molecule has 7 nitrogen and oxygen atoms in total. The first kappa shape index (κ1) is 26.7. The molecule has 2 heterocycles. The Morgan fingerprint density at radius 3 is 2.29 bits per heavy atom. The number of methoxy groups -OCH3 is 1. The molecule has 0 unspecified atom stereocenters. The number of hydrogen-bond donors (Lipinski definition) is 2. The molecule has 196 valence electrons. The van der Waals surface area contributed by atoms with Gasteiger partial charge >= 0.3 is 6.03 Å². The van der Waals surface area contributed by atoms with Gasteiger partial charge in [0, 0.05) is 29.4 Å². The Balaban J connectivity index is 1.90. The lowest BCUT2D eigenvalue weighted by molar-refractivity contribution is 0.262. The first-order valence-corrected chi connectivity index (χ1v) is 12.7. The van der Waals surface area contributed by atoms with Gasteiger partial charge in [0.1, 0.15) is 17.1 Å². The van der Waals surface area contributed by atoms with Gasteiger partial charge < -0.3 is 15.4 Å². The summed E-state index contributed by atoms with van der Waals surface area (Å²) in [5.41, 5.74) is 4.44. The molecule has 0 spiro atoms. The third-order valence-electron chi connectivity index (χ3n) is 6.54. The molecule has 0 aliphatic carbocycles. The number of nitrogens with one attached hydrogen (secondary N) is 2. The van der Waals surface area contributed by atoms with E-state index in [1.807, 2.05) is 54.6 Å². The van der Waals surface area contributed by atoms with Gasteiger partial charge in [-0.25, -0.2) is 9.78 Å². The minimum atomic E-state index is -0.491. The number of pyridine rings is 2. The van der Waals surface area contributed by atoms with Crippen molar-refractivity contribution in [1.29, 1.82) is 0 Å². The molecule has 0 aliphatic heterocycles. The van der Waals surface area contributed by atoms with Crippen molar-refractivity contribution in [1.82, 2.24) is 9.55 Å². The van der Waals surface area contributed by atoms with Crippen molar-refractivity contribution in [3.05, 3.63) is 94.9 Å². The van der Waals surface area contributed by atoms with Crippen molar-refractivity contribution in [2.75, 3.05) is 17.7 Å². The average Bonchev–Trinajstić information content (AvgIpc) is 2.91. The number of rotatable bonds is 8. The third kappa shape index (κ3) is 5.18. The van der Waals surface area contributed by atoms with E-state index in [0.29, 0.717) is 17.0 Å². The maximum Gasteiger partial charge on any atom is 0.323 e. The van der Waals surface area contributed by atoms with E-state index in [9.17, 15) is 9.59 Å². The first-order chi connectivity index (χ1) is 18.3. The van der Waals surface area contributed by atoms with Crippen LogP contribution in [0.25, 0.3) is 22.2 Å². The molecule has 7 heteroatoms. The van der Waals surface area contributed by atoms with Crippen LogP contribution in [0.15, 0.2) is 78.2 Å². The highest BCUT2D eigenvalue weighted by atomic mass is 16.5. The number of benzene rings is 2. The summed E-state index contributed by atoms with van der Waals surface area (Å²) in [6.45, 7) is 12.4. The summed E-state index contributed by atoms with van der Waals surface area (Å²) in [4.78, 5) is 31.9. The van der Waals surface area contributed by atoms with Gasteiger partial charge in [-0.15, -0.1) is 6.58 Å². The van der Waals surface area contributed by atoms with Crippen LogP contribution in [0.2, 0.25) is 0 Å².